The summed E-state index contributed by atoms with van der Waals surface area (Å²) < 4.78 is 49.2. The molecule has 1 heterocycles. The van der Waals surface area contributed by atoms with Crippen molar-refractivity contribution in [3.05, 3.63) is 158 Å². The molecule has 0 aliphatic carbocycles. The summed E-state index contributed by atoms with van der Waals surface area (Å²) in [5.74, 6) is 1.60. The molecule has 0 spiro atoms. The maximum atomic E-state index is 8.86. The second kappa shape index (κ2) is 9.29. The summed E-state index contributed by atoms with van der Waals surface area (Å²) in [6.45, 7) is 0. The maximum absolute atomic E-state index is 8.86. The lowest BCUT2D eigenvalue weighted by atomic mass is 9.87. The zero-order valence-corrected chi connectivity index (χ0v) is 24.0. The molecule has 1 heteroatoms. The predicted octanol–water partition coefficient (Wildman–Crippen LogP) is 12.5. The van der Waals surface area contributed by atoms with E-state index < -0.39 is 6.04 Å². The molecule has 0 amide bonds. The van der Waals surface area contributed by atoms with Gasteiger partial charge in [-0.15, -0.1) is 0 Å². The van der Waals surface area contributed by atoms with Gasteiger partial charge in [-0.1, -0.05) is 121 Å². The van der Waals surface area contributed by atoms with Crippen LogP contribution in [-0.4, -0.2) is 0 Å². The van der Waals surface area contributed by atoms with Gasteiger partial charge in [0.1, 0.15) is 11.5 Å². The minimum atomic E-state index is -0.406. The second-order valence-corrected chi connectivity index (χ2v) is 11.7. The fourth-order valence-electron chi connectivity index (χ4n) is 7.22. The third-order valence-corrected chi connectivity index (χ3v) is 9.25. The largest absolute Gasteiger partial charge is 0.456 e. The van der Waals surface area contributed by atoms with Gasteiger partial charge < -0.3 is 4.74 Å². The van der Waals surface area contributed by atoms with Gasteiger partial charge in [-0.05, 0) is 113 Å². The minimum absolute atomic E-state index is 0.178. The Balaban J connectivity index is 1.25. The molecule has 0 radical (unpaired) electrons. The van der Waals surface area contributed by atoms with E-state index in [1.807, 2.05) is 36.4 Å². The summed E-state index contributed by atoms with van der Waals surface area (Å²) in [6.07, 6.45) is 0. The Labute approximate surface area is 267 Å². The standard InChI is InChI=1S/C44H26O/c1-2-7-27(8-3-1)33-23-34(32-19-22-40-39(26-32)37-13-5-11-28-12-6-14-41(45-40)43(28)37)25-35(24-33)36-20-17-31-16-15-29-9-4-10-30-18-21-38(36)44(31)42(29)30/h1-26H/i1D,2D,3D,7D,8D. The first-order valence-corrected chi connectivity index (χ1v) is 15.1. The number of fused-ring (bicyclic) bond motifs is 2. The third-order valence-electron chi connectivity index (χ3n) is 9.25. The van der Waals surface area contributed by atoms with Crippen molar-refractivity contribution in [3.8, 4) is 56.0 Å². The quantitative estimate of drug-likeness (QED) is 0.190. The van der Waals surface area contributed by atoms with Gasteiger partial charge >= 0.3 is 0 Å². The highest BCUT2D eigenvalue weighted by Gasteiger charge is 2.21. The summed E-state index contributed by atoms with van der Waals surface area (Å²) in [4.78, 5) is 0. The van der Waals surface area contributed by atoms with Crippen LogP contribution in [0.15, 0.2) is 158 Å². The van der Waals surface area contributed by atoms with Crippen molar-refractivity contribution in [2.24, 2.45) is 0 Å². The molecule has 0 fully saturated rings. The van der Waals surface area contributed by atoms with Crippen LogP contribution < -0.4 is 4.74 Å². The molecule has 208 valence electrons. The second-order valence-electron chi connectivity index (χ2n) is 11.7. The lowest BCUT2D eigenvalue weighted by Gasteiger charge is -2.22. The molecule has 9 aromatic carbocycles. The van der Waals surface area contributed by atoms with Crippen LogP contribution in [0.2, 0.25) is 0 Å². The van der Waals surface area contributed by atoms with Gasteiger partial charge in [0.2, 0.25) is 0 Å². The van der Waals surface area contributed by atoms with Crippen molar-refractivity contribution < 1.29 is 11.6 Å². The van der Waals surface area contributed by atoms with Crippen LogP contribution in [0.25, 0.3) is 87.6 Å². The average Bonchev–Trinajstić information content (AvgIpc) is 3.15. The Kier molecular flexibility index (Phi) is 4.15. The molecule has 0 aromatic heterocycles. The first kappa shape index (κ1) is 20.1. The van der Waals surface area contributed by atoms with E-state index in [4.69, 9.17) is 11.6 Å². The fraction of sp³-hybridized carbons (Fsp3) is 0. The number of ether oxygens (including phenoxy) is 1. The lowest BCUT2D eigenvalue weighted by Crippen LogP contribution is -1.97. The van der Waals surface area contributed by atoms with E-state index in [0.29, 0.717) is 5.56 Å². The molecule has 10 rings (SSSR count). The molecule has 0 saturated carbocycles. The summed E-state index contributed by atoms with van der Waals surface area (Å²) in [5, 5.41) is 9.19. The normalized spacial score (nSPS) is 13.7. The monoisotopic (exact) mass is 575 g/mol. The van der Waals surface area contributed by atoms with E-state index in [0.717, 1.165) is 66.4 Å². The zero-order chi connectivity index (χ0) is 33.8. The Morgan fingerprint density at radius 3 is 1.84 bits per heavy atom. The lowest BCUT2D eigenvalue weighted by molar-refractivity contribution is 0.487. The number of hydrogen-bond acceptors (Lipinski definition) is 1. The van der Waals surface area contributed by atoms with Crippen molar-refractivity contribution in [1.82, 2.24) is 0 Å². The van der Waals surface area contributed by atoms with Gasteiger partial charge in [-0.3, -0.25) is 0 Å². The predicted molar refractivity (Wildman–Crippen MR) is 189 cm³/mol. The minimum Gasteiger partial charge on any atom is -0.456 e. The van der Waals surface area contributed by atoms with Gasteiger partial charge in [-0.2, -0.15) is 0 Å². The van der Waals surface area contributed by atoms with E-state index in [2.05, 4.69) is 91.0 Å². The summed E-state index contributed by atoms with van der Waals surface area (Å²) in [5.41, 5.74) is 6.49. The molecule has 0 N–H and O–H groups in total. The van der Waals surface area contributed by atoms with Gasteiger partial charge in [-0.25, -0.2) is 0 Å². The van der Waals surface area contributed by atoms with E-state index in [9.17, 15) is 0 Å². The van der Waals surface area contributed by atoms with Crippen LogP contribution in [0.1, 0.15) is 6.85 Å². The Hall–Kier alpha value is -5.92. The molecule has 9 aromatic rings. The molecular formula is C44H26O. The van der Waals surface area contributed by atoms with Crippen LogP contribution in [0, 0.1) is 0 Å². The van der Waals surface area contributed by atoms with Gasteiger partial charge in [0.05, 0.1) is 6.85 Å². The molecule has 1 aliphatic heterocycles. The van der Waals surface area contributed by atoms with Crippen molar-refractivity contribution in [1.29, 1.82) is 0 Å². The Bertz CT molecular complexity index is 2860. The van der Waals surface area contributed by atoms with Crippen LogP contribution in [0.4, 0.5) is 0 Å². The van der Waals surface area contributed by atoms with Crippen molar-refractivity contribution in [3.63, 3.8) is 0 Å². The van der Waals surface area contributed by atoms with Crippen molar-refractivity contribution in [2.75, 3.05) is 0 Å². The molecule has 0 unspecified atom stereocenters. The molecular weight excluding hydrogens is 544 g/mol. The SMILES string of the molecule is [2H]c1c([2H])c([2H])c(-c2cc(-c3ccc4c(c3)-c3cccc5cccc(c35)O4)cc(-c3ccc4ccc5cccc6ccc3c4c56)c2)c([2H])c1[2H]. The highest BCUT2D eigenvalue weighted by atomic mass is 16.5. The highest BCUT2D eigenvalue weighted by molar-refractivity contribution is 6.25. The molecule has 1 aliphatic rings. The summed E-state index contributed by atoms with van der Waals surface area (Å²) in [7, 11) is 0. The smallest absolute Gasteiger partial charge is 0.135 e. The van der Waals surface area contributed by atoms with Gasteiger partial charge in [0.25, 0.3) is 0 Å². The summed E-state index contributed by atoms with van der Waals surface area (Å²) in [6, 6.07) is 42.3. The Morgan fingerprint density at radius 2 is 1.02 bits per heavy atom. The maximum Gasteiger partial charge on any atom is 0.135 e. The zero-order valence-electron chi connectivity index (χ0n) is 29.0. The van der Waals surface area contributed by atoms with Crippen LogP contribution in [-0.2, 0) is 0 Å². The average molecular weight is 576 g/mol. The van der Waals surface area contributed by atoms with Crippen molar-refractivity contribution in [2.45, 2.75) is 0 Å². The van der Waals surface area contributed by atoms with Gasteiger partial charge in [0, 0.05) is 10.9 Å². The number of rotatable bonds is 3. The van der Waals surface area contributed by atoms with Crippen LogP contribution >= 0.6 is 0 Å². The molecule has 1 nitrogen and oxygen atoms in total. The van der Waals surface area contributed by atoms with E-state index in [1.165, 1.54) is 21.5 Å². The van der Waals surface area contributed by atoms with Crippen LogP contribution in [0.5, 0.6) is 11.5 Å². The topological polar surface area (TPSA) is 9.23 Å². The van der Waals surface area contributed by atoms with Crippen molar-refractivity contribution >= 4 is 43.1 Å². The van der Waals surface area contributed by atoms with E-state index in [1.54, 1.807) is 0 Å². The molecule has 45 heavy (non-hydrogen) atoms. The molecule has 0 atom stereocenters. The molecule has 0 saturated heterocycles. The first-order valence-electron chi connectivity index (χ1n) is 17.6. The number of hydrogen-bond donors (Lipinski definition) is 0. The van der Waals surface area contributed by atoms with E-state index in [-0.39, 0.29) is 29.7 Å². The first-order chi connectivity index (χ1) is 24.4. The molecule has 0 bridgehead atoms. The third kappa shape index (κ3) is 3.68. The fourth-order valence-corrected chi connectivity index (χ4v) is 7.22. The highest BCUT2D eigenvalue weighted by Crippen LogP contribution is 2.48. The Morgan fingerprint density at radius 1 is 0.378 bits per heavy atom. The van der Waals surface area contributed by atoms with E-state index >= 15 is 0 Å². The summed E-state index contributed by atoms with van der Waals surface area (Å²) >= 11 is 0. The van der Waals surface area contributed by atoms with Crippen LogP contribution in [0.3, 0.4) is 0 Å². The number of benzene rings is 9. The van der Waals surface area contributed by atoms with Gasteiger partial charge in [0.15, 0.2) is 0 Å².